The first-order valence-corrected chi connectivity index (χ1v) is 4.79. The topological polar surface area (TPSA) is 12.5 Å². The second-order valence-electron chi connectivity index (χ2n) is 3.67. The Balaban J connectivity index is 2.43. The molecule has 2 rings (SSSR count). The predicted molar refractivity (Wildman–Crippen MR) is 53.2 cm³/mol. The largest absolute Gasteiger partial charge is 0.495 e. The van der Waals surface area contributed by atoms with Crippen LogP contribution in [0.1, 0.15) is 13.3 Å². The standard InChI is InChI=1S/C11H14FNO/c1-8-10(12)4-3-9-7-11(8)14-6-5-13(9)2/h3-4H,5-7H2,1-2H3. The summed E-state index contributed by atoms with van der Waals surface area (Å²) in [6.45, 7) is 3.26. The molecule has 1 heterocycles. The lowest BCUT2D eigenvalue weighted by Gasteiger charge is -2.17. The zero-order chi connectivity index (χ0) is 10.1. The molecule has 0 aromatic heterocycles. The SMILES string of the molecule is CC1=C2CC(=CC=C1F)N(C)CCO2. The third-order valence-corrected chi connectivity index (χ3v) is 2.73. The lowest BCUT2D eigenvalue weighted by atomic mass is 10.2. The Morgan fingerprint density at radius 2 is 2.21 bits per heavy atom. The summed E-state index contributed by atoms with van der Waals surface area (Å²) < 4.78 is 18.9. The molecule has 1 saturated heterocycles. The lowest BCUT2D eigenvalue weighted by Crippen LogP contribution is -2.19. The molecule has 0 radical (unpaired) electrons. The van der Waals surface area contributed by atoms with Crippen molar-refractivity contribution >= 4 is 0 Å². The van der Waals surface area contributed by atoms with Crippen molar-refractivity contribution in [2.75, 3.05) is 20.2 Å². The molecule has 0 aromatic rings. The van der Waals surface area contributed by atoms with Crippen molar-refractivity contribution in [3.05, 3.63) is 35.0 Å². The average molecular weight is 195 g/mol. The predicted octanol–water partition coefficient (Wildman–Crippen LogP) is 2.36. The van der Waals surface area contributed by atoms with Crippen LogP contribution in [0.2, 0.25) is 0 Å². The molecule has 1 aliphatic carbocycles. The molecule has 2 bridgehead atoms. The second kappa shape index (κ2) is 3.48. The number of hydrogen-bond donors (Lipinski definition) is 0. The summed E-state index contributed by atoms with van der Waals surface area (Å²) in [5, 5.41) is 0. The van der Waals surface area contributed by atoms with E-state index in [2.05, 4.69) is 4.90 Å². The minimum atomic E-state index is -0.190. The van der Waals surface area contributed by atoms with E-state index in [1.807, 2.05) is 13.1 Å². The minimum absolute atomic E-state index is 0.190. The summed E-state index contributed by atoms with van der Waals surface area (Å²) in [5.41, 5.74) is 1.75. The van der Waals surface area contributed by atoms with E-state index >= 15 is 0 Å². The fraction of sp³-hybridized carbons (Fsp3) is 0.455. The Labute approximate surface area is 83.3 Å². The van der Waals surface area contributed by atoms with Gasteiger partial charge >= 0.3 is 0 Å². The van der Waals surface area contributed by atoms with Gasteiger partial charge in [-0.15, -0.1) is 0 Å². The molecular formula is C11H14FNO. The molecule has 2 aliphatic rings. The molecule has 0 unspecified atom stereocenters. The first-order valence-electron chi connectivity index (χ1n) is 4.79. The molecule has 3 heteroatoms. The zero-order valence-corrected chi connectivity index (χ0v) is 8.51. The van der Waals surface area contributed by atoms with E-state index in [0.717, 1.165) is 18.0 Å². The third-order valence-electron chi connectivity index (χ3n) is 2.73. The number of halogens is 1. The molecular weight excluding hydrogens is 181 g/mol. The monoisotopic (exact) mass is 195 g/mol. The van der Waals surface area contributed by atoms with Gasteiger partial charge in [-0.3, -0.25) is 0 Å². The van der Waals surface area contributed by atoms with Crippen LogP contribution in [0.5, 0.6) is 0 Å². The molecule has 0 aromatic carbocycles. The molecule has 1 fully saturated rings. The summed E-state index contributed by atoms with van der Waals surface area (Å²) in [7, 11) is 2.00. The summed E-state index contributed by atoms with van der Waals surface area (Å²) in [6.07, 6.45) is 4.05. The lowest BCUT2D eigenvalue weighted by molar-refractivity contribution is 0.202. The average Bonchev–Trinajstić information content (AvgIpc) is 2.42. The zero-order valence-electron chi connectivity index (χ0n) is 8.51. The van der Waals surface area contributed by atoms with Gasteiger partial charge in [-0.2, -0.15) is 0 Å². The first kappa shape index (κ1) is 9.31. The van der Waals surface area contributed by atoms with E-state index in [9.17, 15) is 4.39 Å². The minimum Gasteiger partial charge on any atom is -0.495 e. The van der Waals surface area contributed by atoms with Gasteiger partial charge in [0.25, 0.3) is 0 Å². The van der Waals surface area contributed by atoms with Crippen LogP contribution in [0.4, 0.5) is 4.39 Å². The second-order valence-corrected chi connectivity index (χ2v) is 3.67. The number of ether oxygens (including phenoxy) is 1. The van der Waals surface area contributed by atoms with Crippen molar-refractivity contribution in [3.8, 4) is 0 Å². The van der Waals surface area contributed by atoms with Crippen LogP contribution < -0.4 is 0 Å². The normalized spacial score (nSPS) is 22.1. The Morgan fingerprint density at radius 3 is 3.00 bits per heavy atom. The highest BCUT2D eigenvalue weighted by Gasteiger charge is 2.19. The van der Waals surface area contributed by atoms with Crippen LogP contribution in [0, 0.1) is 0 Å². The number of rotatable bonds is 0. The fourth-order valence-electron chi connectivity index (χ4n) is 1.65. The molecule has 1 aliphatic heterocycles. The number of nitrogens with zero attached hydrogens (tertiary/aromatic N) is 1. The number of hydrogen-bond acceptors (Lipinski definition) is 2. The molecule has 0 N–H and O–H groups in total. The van der Waals surface area contributed by atoms with Gasteiger partial charge in [0.05, 0.1) is 6.54 Å². The number of fused-ring (bicyclic) bond motifs is 2. The van der Waals surface area contributed by atoms with Crippen LogP contribution in [0.15, 0.2) is 35.0 Å². The van der Waals surface area contributed by atoms with Crippen molar-refractivity contribution in [2.24, 2.45) is 0 Å². The van der Waals surface area contributed by atoms with Gasteiger partial charge in [0, 0.05) is 24.7 Å². The van der Waals surface area contributed by atoms with Gasteiger partial charge in [0.15, 0.2) is 0 Å². The Kier molecular flexibility index (Phi) is 2.32. The van der Waals surface area contributed by atoms with Crippen LogP contribution >= 0.6 is 0 Å². The van der Waals surface area contributed by atoms with E-state index in [0.29, 0.717) is 18.6 Å². The maximum atomic E-state index is 13.4. The van der Waals surface area contributed by atoms with Crippen LogP contribution in [0.3, 0.4) is 0 Å². The van der Waals surface area contributed by atoms with Crippen molar-refractivity contribution in [3.63, 3.8) is 0 Å². The van der Waals surface area contributed by atoms with Gasteiger partial charge in [0.2, 0.25) is 0 Å². The quantitative estimate of drug-likeness (QED) is 0.588. The van der Waals surface area contributed by atoms with Crippen LogP contribution in [-0.2, 0) is 4.74 Å². The highest BCUT2D eigenvalue weighted by atomic mass is 19.1. The van der Waals surface area contributed by atoms with E-state index in [1.165, 1.54) is 6.08 Å². The molecule has 0 saturated carbocycles. The Bertz CT molecular complexity index is 341. The van der Waals surface area contributed by atoms with Crippen molar-refractivity contribution in [1.82, 2.24) is 4.90 Å². The van der Waals surface area contributed by atoms with Gasteiger partial charge in [-0.1, -0.05) is 0 Å². The molecule has 0 spiro atoms. The van der Waals surface area contributed by atoms with Crippen molar-refractivity contribution in [1.29, 1.82) is 0 Å². The van der Waals surface area contributed by atoms with E-state index in [4.69, 9.17) is 4.74 Å². The molecule has 76 valence electrons. The smallest absolute Gasteiger partial charge is 0.129 e. The molecule has 0 amide bonds. The Hall–Kier alpha value is -1.25. The number of likely N-dealkylation sites (N-methyl/N-ethyl adjacent to an activating group) is 1. The van der Waals surface area contributed by atoms with E-state index in [-0.39, 0.29) is 5.83 Å². The van der Waals surface area contributed by atoms with Crippen LogP contribution in [-0.4, -0.2) is 25.1 Å². The van der Waals surface area contributed by atoms with E-state index < -0.39 is 0 Å². The van der Waals surface area contributed by atoms with Crippen molar-refractivity contribution in [2.45, 2.75) is 13.3 Å². The summed E-state index contributed by atoms with van der Waals surface area (Å²) >= 11 is 0. The molecule has 2 nitrogen and oxygen atoms in total. The summed E-state index contributed by atoms with van der Waals surface area (Å²) in [6, 6.07) is 0. The van der Waals surface area contributed by atoms with E-state index in [1.54, 1.807) is 6.92 Å². The number of allylic oxidation sites excluding steroid dienone is 4. The summed E-state index contributed by atoms with van der Waals surface area (Å²) in [4.78, 5) is 2.11. The van der Waals surface area contributed by atoms with Gasteiger partial charge in [0.1, 0.15) is 18.2 Å². The van der Waals surface area contributed by atoms with Gasteiger partial charge in [-0.05, 0) is 19.1 Å². The first-order chi connectivity index (χ1) is 6.68. The third kappa shape index (κ3) is 1.54. The fourth-order valence-corrected chi connectivity index (χ4v) is 1.65. The van der Waals surface area contributed by atoms with Crippen molar-refractivity contribution < 1.29 is 9.13 Å². The molecule has 14 heavy (non-hydrogen) atoms. The Morgan fingerprint density at radius 1 is 1.43 bits per heavy atom. The molecule has 0 atom stereocenters. The summed E-state index contributed by atoms with van der Waals surface area (Å²) in [5.74, 6) is 0.581. The highest BCUT2D eigenvalue weighted by molar-refractivity contribution is 5.36. The maximum Gasteiger partial charge on any atom is 0.129 e. The van der Waals surface area contributed by atoms with Crippen LogP contribution in [0.25, 0.3) is 0 Å². The van der Waals surface area contributed by atoms with Gasteiger partial charge < -0.3 is 9.64 Å². The van der Waals surface area contributed by atoms with Gasteiger partial charge in [-0.25, -0.2) is 4.39 Å². The highest BCUT2D eigenvalue weighted by Crippen LogP contribution is 2.28. The maximum absolute atomic E-state index is 13.4.